The molecule has 0 aliphatic rings. The second kappa shape index (κ2) is 5.99. The van der Waals surface area contributed by atoms with E-state index in [2.05, 4.69) is 9.97 Å². The predicted molar refractivity (Wildman–Crippen MR) is 80.7 cm³/mol. The van der Waals surface area contributed by atoms with Crippen LogP contribution in [0, 0.1) is 0 Å². The molecule has 0 atom stereocenters. The summed E-state index contributed by atoms with van der Waals surface area (Å²) >= 11 is 0. The maximum absolute atomic E-state index is 12.8. The van der Waals surface area contributed by atoms with Gasteiger partial charge in [0.1, 0.15) is 0 Å². The van der Waals surface area contributed by atoms with E-state index in [1.807, 2.05) is 0 Å². The summed E-state index contributed by atoms with van der Waals surface area (Å²) in [7, 11) is 0. The first kappa shape index (κ1) is 16.0. The van der Waals surface area contributed by atoms with Gasteiger partial charge in [0.15, 0.2) is 0 Å². The van der Waals surface area contributed by atoms with Crippen LogP contribution in [0.1, 0.15) is 12.0 Å². The number of benzene rings is 1. The average Bonchev–Trinajstić information content (AvgIpc) is 3.02. The zero-order valence-corrected chi connectivity index (χ0v) is 12.4. The molecular formula is C15H13F3N4O2. The van der Waals surface area contributed by atoms with E-state index in [9.17, 15) is 22.8 Å². The zero-order valence-electron chi connectivity index (χ0n) is 12.4. The summed E-state index contributed by atoms with van der Waals surface area (Å²) in [5.74, 6) is 0. The number of nitrogens with zero attached hydrogens (tertiary/aromatic N) is 3. The molecule has 0 unspecified atom stereocenters. The van der Waals surface area contributed by atoms with Gasteiger partial charge in [-0.15, -0.1) is 0 Å². The third-order valence-corrected chi connectivity index (χ3v) is 3.67. The first-order valence-electron chi connectivity index (χ1n) is 7.16. The van der Waals surface area contributed by atoms with Crippen LogP contribution in [0.5, 0.6) is 0 Å². The van der Waals surface area contributed by atoms with Gasteiger partial charge in [0.2, 0.25) is 0 Å². The van der Waals surface area contributed by atoms with Crippen molar-refractivity contribution in [3.63, 3.8) is 0 Å². The van der Waals surface area contributed by atoms with E-state index in [4.69, 9.17) is 0 Å². The number of imidazole rings is 1. The first-order chi connectivity index (χ1) is 11.4. The van der Waals surface area contributed by atoms with E-state index in [0.29, 0.717) is 13.0 Å². The number of aromatic nitrogens is 4. The molecule has 0 amide bonds. The van der Waals surface area contributed by atoms with Gasteiger partial charge in [-0.3, -0.25) is 9.36 Å². The molecule has 0 saturated carbocycles. The SMILES string of the molecule is O=c1[nH]c2ccc(C(F)(F)F)cc2c(=O)n1CCCn1ccnc1. The molecule has 6 nitrogen and oxygen atoms in total. The average molecular weight is 338 g/mol. The normalized spacial score (nSPS) is 12.0. The molecule has 2 heterocycles. The van der Waals surface area contributed by atoms with Crippen LogP contribution < -0.4 is 11.2 Å². The highest BCUT2D eigenvalue weighted by Crippen LogP contribution is 2.30. The summed E-state index contributed by atoms with van der Waals surface area (Å²) in [5.41, 5.74) is -2.21. The maximum Gasteiger partial charge on any atom is 0.416 e. The Morgan fingerprint density at radius 1 is 1.17 bits per heavy atom. The van der Waals surface area contributed by atoms with Gasteiger partial charge in [-0.2, -0.15) is 13.2 Å². The number of rotatable bonds is 4. The molecule has 3 aromatic rings. The van der Waals surface area contributed by atoms with Crippen LogP contribution in [0.4, 0.5) is 13.2 Å². The third-order valence-electron chi connectivity index (χ3n) is 3.67. The van der Waals surface area contributed by atoms with Crippen LogP contribution >= 0.6 is 0 Å². The van der Waals surface area contributed by atoms with Crippen molar-refractivity contribution in [2.75, 3.05) is 0 Å². The molecule has 0 radical (unpaired) electrons. The number of aryl methyl sites for hydroxylation is 1. The molecule has 2 aromatic heterocycles. The van der Waals surface area contributed by atoms with Crippen molar-refractivity contribution in [2.45, 2.75) is 25.7 Å². The van der Waals surface area contributed by atoms with Crippen molar-refractivity contribution < 1.29 is 13.2 Å². The lowest BCUT2D eigenvalue weighted by atomic mass is 10.1. The molecule has 9 heteroatoms. The molecule has 0 spiro atoms. The maximum atomic E-state index is 12.8. The molecule has 0 saturated heterocycles. The van der Waals surface area contributed by atoms with Crippen molar-refractivity contribution >= 4 is 10.9 Å². The highest BCUT2D eigenvalue weighted by Gasteiger charge is 2.30. The number of alkyl halides is 3. The molecule has 0 aliphatic heterocycles. The Labute approximate surface area is 133 Å². The lowest BCUT2D eigenvalue weighted by Gasteiger charge is -2.10. The van der Waals surface area contributed by atoms with Crippen LogP contribution in [-0.2, 0) is 19.3 Å². The van der Waals surface area contributed by atoms with Gasteiger partial charge in [0.25, 0.3) is 5.56 Å². The van der Waals surface area contributed by atoms with Crippen molar-refractivity contribution in [1.82, 2.24) is 19.1 Å². The molecule has 126 valence electrons. The predicted octanol–water partition coefficient (Wildman–Crippen LogP) is 2.00. The minimum atomic E-state index is -4.55. The van der Waals surface area contributed by atoms with Crippen LogP contribution in [0.2, 0.25) is 0 Å². The smallest absolute Gasteiger partial charge is 0.337 e. The standard InChI is InChI=1S/C15H13F3N4O2/c16-15(17,18)10-2-3-12-11(8-10)13(23)22(14(24)20-12)6-1-5-21-7-4-19-9-21/h2-4,7-9H,1,5-6H2,(H,20,24). The Kier molecular flexibility index (Phi) is 4.00. The fourth-order valence-electron chi connectivity index (χ4n) is 2.46. The van der Waals surface area contributed by atoms with Crippen molar-refractivity contribution in [3.8, 4) is 0 Å². The van der Waals surface area contributed by atoms with Crippen LogP contribution in [0.25, 0.3) is 10.9 Å². The lowest BCUT2D eigenvalue weighted by molar-refractivity contribution is -0.137. The summed E-state index contributed by atoms with van der Waals surface area (Å²) in [6.45, 7) is 0.630. The summed E-state index contributed by atoms with van der Waals surface area (Å²) in [6.07, 6.45) is 0.854. The lowest BCUT2D eigenvalue weighted by Crippen LogP contribution is -2.35. The quantitative estimate of drug-likeness (QED) is 0.791. The molecule has 24 heavy (non-hydrogen) atoms. The van der Waals surface area contributed by atoms with Crippen molar-refractivity contribution in [2.24, 2.45) is 0 Å². The van der Waals surface area contributed by atoms with E-state index in [1.165, 1.54) is 0 Å². The second-order valence-corrected chi connectivity index (χ2v) is 5.30. The van der Waals surface area contributed by atoms with E-state index in [1.54, 1.807) is 23.3 Å². The van der Waals surface area contributed by atoms with Crippen LogP contribution in [-0.4, -0.2) is 19.1 Å². The first-order valence-corrected chi connectivity index (χ1v) is 7.16. The number of H-pyrrole nitrogens is 1. The van der Waals surface area contributed by atoms with Crippen LogP contribution in [0.15, 0.2) is 46.5 Å². The molecule has 0 fully saturated rings. The van der Waals surface area contributed by atoms with Gasteiger partial charge >= 0.3 is 11.9 Å². The van der Waals surface area contributed by atoms with Gasteiger partial charge in [-0.25, -0.2) is 9.78 Å². The van der Waals surface area contributed by atoms with Gasteiger partial charge in [-0.05, 0) is 24.6 Å². The minimum Gasteiger partial charge on any atom is -0.337 e. The largest absolute Gasteiger partial charge is 0.416 e. The topological polar surface area (TPSA) is 72.7 Å². The summed E-state index contributed by atoms with van der Waals surface area (Å²) in [4.78, 5) is 30.7. The summed E-state index contributed by atoms with van der Waals surface area (Å²) in [5, 5.41) is -0.160. The van der Waals surface area contributed by atoms with Crippen molar-refractivity contribution in [1.29, 1.82) is 0 Å². The number of fused-ring (bicyclic) bond motifs is 1. The number of hydrogen-bond acceptors (Lipinski definition) is 3. The zero-order chi connectivity index (χ0) is 17.3. The van der Waals surface area contributed by atoms with E-state index in [0.717, 1.165) is 22.8 Å². The number of aromatic amines is 1. The van der Waals surface area contributed by atoms with Gasteiger partial charge in [0, 0.05) is 25.5 Å². The Bertz CT molecular complexity index is 971. The monoisotopic (exact) mass is 338 g/mol. The summed E-state index contributed by atoms with van der Waals surface area (Å²) < 4.78 is 41.1. The van der Waals surface area contributed by atoms with Gasteiger partial charge in [-0.1, -0.05) is 0 Å². The summed E-state index contributed by atoms with van der Waals surface area (Å²) in [6, 6.07) is 2.69. The van der Waals surface area contributed by atoms with E-state index in [-0.39, 0.29) is 17.4 Å². The van der Waals surface area contributed by atoms with Gasteiger partial charge in [0.05, 0.1) is 22.8 Å². The molecule has 0 aliphatic carbocycles. The Morgan fingerprint density at radius 2 is 1.96 bits per heavy atom. The fraction of sp³-hybridized carbons (Fsp3) is 0.267. The van der Waals surface area contributed by atoms with Crippen molar-refractivity contribution in [3.05, 3.63) is 63.3 Å². The van der Waals surface area contributed by atoms with E-state index < -0.39 is 23.0 Å². The molecule has 3 rings (SSSR count). The molecule has 0 bridgehead atoms. The number of halogens is 3. The number of nitrogens with one attached hydrogen (secondary N) is 1. The second-order valence-electron chi connectivity index (χ2n) is 5.30. The fourth-order valence-corrected chi connectivity index (χ4v) is 2.46. The van der Waals surface area contributed by atoms with E-state index >= 15 is 0 Å². The number of hydrogen-bond donors (Lipinski definition) is 1. The Hall–Kier alpha value is -2.84. The minimum absolute atomic E-state index is 0.0869. The molecular weight excluding hydrogens is 325 g/mol. The van der Waals surface area contributed by atoms with Gasteiger partial charge < -0.3 is 9.55 Å². The third kappa shape index (κ3) is 3.10. The molecule has 1 aromatic carbocycles. The molecule has 1 N–H and O–H groups in total. The Morgan fingerprint density at radius 3 is 2.62 bits per heavy atom. The highest BCUT2D eigenvalue weighted by molar-refractivity contribution is 5.78. The highest BCUT2D eigenvalue weighted by atomic mass is 19.4. The Balaban J connectivity index is 1.95. The van der Waals surface area contributed by atoms with Crippen LogP contribution in [0.3, 0.4) is 0 Å².